The van der Waals surface area contributed by atoms with Gasteiger partial charge in [-0.2, -0.15) is 0 Å². The van der Waals surface area contributed by atoms with Crippen LogP contribution in [0.1, 0.15) is 27.7 Å². The van der Waals surface area contributed by atoms with Gasteiger partial charge < -0.3 is 20.3 Å². The molecule has 3 N–H and O–H groups in total. The minimum absolute atomic E-state index is 0.0314. The van der Waals surface area contributed by atoms with Gasteiger partial charge in [0.05, 0.1) is 6.54 Å². The van der Waals surface area contributed by atoms with Crippen LogP contribution in [0.5, 0.6) is 5.75 Å². The first-order valence-corrected chi connectivity index (χ1v) is 11.0. The molecule has 1 aromatic heterocycles. The first kappa shape index (κ1) is 26.6. The van der Waals surface area contributed by atoms with Gasteiger partial charge in [-0.3, -0.25) is 23.9 Å². The van der Waals surface area contributed by atoms with Crippen LogP contribution in [0, 0.1) is 17.7 Å². The zero-order valence-corrected chi connectivity index (χ0v) is 20.1. The van der Waals surface area contributed by atoms with E-state index in [4.69, 9.17) is 10.5 Å². The number of amides is 2. The molecule has 0 aliphatic rings. The van der Waals surface area contributed by atoms with Crippen LogP contribution in [0.4, 0.5) is 15.9 Å². The topological polar surface area (TPSA) is 131 Å². The molecular weight excluding hydrogens is 445 g/mol. The second kappa shape index (κ2) is 11.5. The van der Waals surface area contributed by atoms with E-state index in [1.165, 1.54) is 40.8 Å². The van der Waals surface area contributed by atoms with Gasteiger partial charge in [-0.1, -0.05) is 27.7 Å². The summed E-state index contributed by atoms with van der Waals surface area (Å²) in [5.41, 5.74) is 4.64. The summed E-state index contributed by atoms with van der Waals surface area (Å²) in [6, 6.07) is 5.19. The van der Waals surface area contributed by atoms with E-state index in [2.05, 4.69) is 4.98 Å². The predicted molar refractivity (Wildman–Crippen MR) is 127 cm³/mol. The smallest absolute Gasteiger partial charge is 0.330 e. The number of ether oxygens (including phenoxy) is 1. The van der Waals surface area contributed by atoms with Crippen LogP contribution < -0.4 is 26.6 Å². The molecule has 34 heavy (non-hydrogen) atoms. The van der Waals surface area contributed by atoms with Crippen LogP contribution in [-0.4, -0.2) is 53.0 Å². The highest BCUT2D eigenvalue weighted by Crippen LogP contribution is 2.19. The number of nitrogen functional groups attached to an aromatic ring is 1. The first-order valence-electron chi connectivity index (χ1n) is 11.0. The standard InChI is InChI=1S/C23H32FN5O5/c1-14(2)10-28(20-21(25)29(11-15(3)4)23(33)26-22(20)32)18(30)12-27(5)19(31)13-34-17-8-6-16(24)7-9-17/h6-9,14-15H,10-13,25H2,1-5H3,(H,26,32,33). The number of hydrogen-bond acceptors (Lipinski definition) is 6. The molecule has 0 atom stereocenters. The van der Waals surface area contributed by atoms with E-state index in [9.17, 15) is 23.6 Å². The Morgan fingerprint density at radius 3 is 2.26 bits per heavy atom. The van der Waals surface area contributed by atoms with Gasteiger partial charge in [0.15, 0.2) is 12.3 Å². The molecule has 10 nitrogen and oxygen atoms in total. The summed E-state index contributed by atoms with van der Waals surface area (Å²) in [5.74, 6) is -1.23. The SMILES string of the molecule is CC(C)CN(C(=O)CN(C)C(=O)COc1ccc(F)cc1)c1c(N)n(CC(C)C)c(=O)[nH]c1=O. The number of aromatic amines is 1. The van der Waals surface area contributed by atoms with Crippen LogP contribution in [0.2, 0.25) is 0 Å². The number of nitrogens with one attached hydrogen (secondary N) is 1. The molecule has 11 heteroatoms. The van der Waals surface area contributed by atoms with Crippen molar-refractivity contribution in [1.29, 1.82) is 0 Å². The van der Waals surface area contributed by atoms with Gasteiger partial charge in [-0.25, -0.2) is 9.18 Å². The monoisotopic (exact) mass is 477 g/mol. The van der Waals surface area contributed by atoms with Crippen molar-refractivity contribution in [3.05, 3.63) is 50.9 Å². The fraction of sp³-hybridized carbons (Fsp3) is 0.478. The summed E-state index contributed by atoms with van der Waals surface area (Å²) in [4.78, 5) is 55.2. The zero-order chi connectivity index (χ0) is 25.6. The highest BCUT2D eigenvalue weighted by Gasteiger charge is 2.27. The fourth-order valence-corrected chi connectivity index (χ4v) is 3.23. The number of H-pyrrole nitrogens is 1. The highest BCUT2D eigenvalue weighted by molar-refractivity contribution is 5.98. The normalized spacial score (nSPS) is 11.1. The number of nitrogens with two attached hydrogens (primary N) is 1. The van der Waals surface area contributed by atoms with Gasteiger partial charge in [0.25, 0.3) is 11.5 Å². The third kappa shape index (κ3) is 6.93. The van der Waals surface area contributed by atoms with Crippen molar-refractivity contribution in [2.45, 2.75) is 34.2 Å². The van der Waals surface area contributed by atoms with Crippen LogP contribution >= 0.6 is 0 Å². The maximum Gasteiger partial charge on any atom is 0.330 e. The Kier molecular flexibility index (Phi) is 8.99. The number of halogens is 1. The molecule has 0 aliphatic heterocycles. The number of benzene rings is 1. The molecule has 1 heterocycles. The lowest BCUT2D eigenvalue weighted by Crippen LogP contribution is -2.47. The van der Waals surface area contributed by atoms with E-state index in [-0.39, 0.29) is 49.6 Å². The third-order valence-electron chi connectivity index (χ3n) is 4.85. The summed E-state index contributed by atoms with van der Waals surface area (Å²) >= 11 is 0. The lowest BCUT2D eigenvalue weighted by Gasteiger charge is -2.28. The quantitative estimate of drug-likeness (QED) is 0.532. The Morgan fingerprint density at radius 1 is 1.09 bits per heavy atom. The van der Waals surface area contributed by atoms with Crippen molar-refractivity contribution in [2.24, 2.45) is 11.8 Å². The van der Waals surface area contributed by atoms with Gasteiger partial charge in [-0.15, -0.1) is 0 Å². The van der Waals surface area contributed by atoms with E-state index in [1.54, 1.807) is 0 Å². The summed E-state index contributed by atoms with van der Waals surface area (Å²) in [6.07, 6.45) is 0. The van der Waals surface area contributed by atoms with Crippen molar-refractivity contribution in [1.82, 2.24) is 14.5 Å². The van der Waals surface area contributed by atoms with Crippen LogP contribution in [0.15, 0.2) is 33.9 Å². The van der Waals surface area contributed by atoms with Gasteiger partial charge in [0.2, 0.25) is 5.91 Å². The van der Waals surface area contributed by atoms with Crippen LogP contribution in [-0.2, 0) is 16.1 Å². The number of hydrogen-bond donors (Lipinski definition) is 2. The number of nitrogens with zero attached hydrogens (tertiary/aromatic N) is 3. The number of aromatic nitrogens is 2. The first-order chi connectivity index (χ1) is 15.9. The molecule has 0 fully saturated rings. The summed E-state index contributed by atoms with van der Waals surface area (Å²) < 4.78 is 19.6. The number of rotatable bonds is 10. The molecule has 0 saturated carbocycles. The molecule has 2 rings (SSSR count). The second-order valence-corrected chi connectivity index (χ2v) is 8.89. The summed E-state index contributed by atoms with van der Waals surface area (Å²) in [7, 11) is 1.43. The Balaban J connectivity index is 2.24. The van der Waals surface area contributed by atoms with Gasteiger partial charge in [0.1, 0.15) is 17.4 Å². The Hall–Kier alpha value is -3.63. The number of anilines is 2. The fourth-order valence-electron chi connectivity index (χ4n) is 3.23. The van der Waals surface area contributed by atoms with E-state index < -0.39 is 28.9 Å². The van der Waals surface area contributed by atoms with Crippen molar-refractivity contribution < 1.29 is 18.7 Å². The van der Waals surface area contributed by atoms with E-state index in [0.29, 0.717) is 5.75 Å². The van der Waals surface area contributed by atoms with E-state index >= 15 is 0 Å². The third-order valence-corrected chi connectivity index (χ3v) is 4.85. The molecule has 0 unspecified atom stereocenters. The number of carbonyl (C=O) groups excluding carboxylic acids is 2. The second-order valence-electron chi connectivity index (χ2n) is 8.89. The van der Waals surface area contributed by atoms with Crippen molar-refractivity contribution >= 4 is 23.3 Å². The van der Waals surface area contributed by atoms with E-state index in [0.717, 1.165) is 4.90 Å². The molecule has 2 amide bonds. The number of likely N-dealkylation sites (N-methyl/N-ethyl adjacent to an activating group) is 1. The lowest BCUT2D eigenvalue weighted by molar-refractivity contribution is -0.135. The molecular formula is C23H32FN5O5. The Morgan fingerprint density at radius 2 is 1.71 bits per heavy atom. The molecule has 1 aromatic carbocycles. The average molecular weight is 478 g/mol. The Bertz CT molecular complexity index is 1120. The lowest BCUT2D eigenvalue weighted by atomic mass is 10.2. The maximum atomic E-state index is 13.2. The molecule has 186 valence electrons. The van der Waals surface area contributed by atoms with Crippen LogP contribution in [0.3, 0.4) is 0 Å². The highest BCUT2D eigenvalue weighted by atomic mass is 19.1. The molecule has 0 saturated heterocycles. The molecule has 0 radical (unpaired) electrons. The molecule has 2 aromatic rings. The Labute approximate surface area is 197 Å². The van der Waals surface area contributed by atoms with Crippen molar-refractivity contribution in [3.63, 3.8) is 0 Å². The predicted octanol–water partition coefficient (Wildman–Crippen LogP) is 1.44. The summed E-state index contributed by atoms with van der Waals surface area (Å²) in [5, 5.41) is 0. The molecule has 0 bridgehead atoms. The average Bonchev–Trinajstić information content (AvgIpc) is 2.74. The largest absolute Gasteiger partial charge is 0.484 e. The minimum atomic E-state index is -0.773. The zero-order valence-electron chi connectivity index (χ0n) is 20.1. The minimum Gasteiger partial charge on any atom is -0.484 e. The van der Waals surface area contributed by atoms with Crippen molar-refractivity contribution in [3.8, 4) is 5.75 Å². The van der Waals surface area contributed by atoms with Gasteiger partial charge in [-0.05, 0) is 36.1 Å². The summed E-state index contributed by atoms with van der Waals surface area (Å²) in [6.45, 7) is 7.21. The number of carbonyl (C=O) groups is 2. The molecule has 0 aliphatic carbocycles. The van der Waals surface area contributed by atoms with Gasteiger partial charge >= 0.3 is 5.69 Å². The van der Waals surface area contributed by atoms with Crippen molar-refractivity contribution in [2.75, 3.05) is 37.4 Å². The van der Waals surface area contributed by atoms with Gasteiger partial charge in [0, 0.05) is 20.1 Å². The maximum absolute atomic E-state index is 13.2. The van der Waals surface area contributed by atoms with Crippen LogP contribution in [0.25, 0.3) is 0 Å². The van der Waals surface area contributed by atoms with E-state index in [1.807, 2.05) is 27.7 Å². The molecule has 0 spiro atoms.